The second-order valence-corrected chi connectivity index (χ2v) is 10.6. The van der Waals surface area contributed by atoms with Crippen LogP contribution in [0.2, 0.25) is 0 Å². The van der Waals surface area contributed by atoms with Crippen molar-refractivity contribution in [2.45, 2.75) is 33.2 Å². The van der Waals surface area contributed by atoms with Gasteiger partial charge in [0.05, 0.1) is 23.2 Å². The molecular formula is C28H34N6O2S. The van der Waals surface area contributed by atoms with E-state index in [0.717, 1.165) is 68.9 Å². The molecule has 1 saturated heterocycles. The Morgan fingerprint density at radius 3 is 2.84 bits per heavy atom. The summed E-state index contributed by atoms with van der Waals surface area (Å²) < 4.78 is 8.94. The number of nitrogen functional groups attached to an aromatic ring is 1. The normalized spacial score (nSPS) is 16.1. The Morgan fingerprint density at radius 1 is 1.27 bits per heavy atom. The fourth-order valence-electron chi connectivity index (χ4n) is 5.18. The van der Waals surface area contributed by atoms with Crippen LogP contribution in [0.5, 0.6) is 5.75 Å². The minimum atomic E-state index is 0.0625. The predicted octanol–water partition coefficient (Wildman–Crippen LogP) is 4.88. The number of amides is 1. The molecule has 0 bridgehead atoms. The van der Waals surface area contributed by atoms with Gasteiger partial charge < -0.3 is 24.8 Å². The highest BCUT2D eigenvalue weighted by Crippen LogP contribution is 2.43. The van der Waals surface area contributed by atoms with Gasteiger partial charge in [0.2, 0.25) is 5.91 Å². The Labute approximate surface area is 221 Å². The standard InChI is InChI=1S/C28H34N6O2S/c1-5-32(6-2)10-7-8-24(35)33-11-9-20(15-33)34-16-21(25-27(29)30-17-31-28(25)34)23-14-19-12-18(3)13-22(36-4)26(19)37-23/h7-8,12-14,16-17,20H,5-6,9-11,15H2,1-4H3,(H2,29,30,31)/b8-7+. The van der Waals surface area contributed by atoms with Crippen molar-refractivity contribution in [3.8, 4) is 16.2 Å². The van der Waals surface area contributed by atoms with Crippen molar-refractivity contribution < 1.29 is 9.53 Å². The lowest BCUT2D eigenvalue weighted by Gasteiger charge is -2.17. The summed E-state index contributed by atoms with van der Waals surface area (Å²) in [6.07, 6.45) is 8.20. The molecule has 1 aliphatic rings. The molecule has 4 aromatic rings. The maximum Gasteiger partial charge on any atom is 0.246 e. The zero-order chi connectivity index (χ0) is 26.1. The smallest absolute Gasteiger partial charge is 0.246 e. The maximum absolute atomic E-state index is 12.9. The number of nitrogens with zero attached hydrogens (tertiary/aromatic N) is 5. The number of carbonyl (C=O) groups excluding carboxylic acids is 1. The van der Waals surface area contributed by atoms with Gasteiger partial charge in [-0.1, -0.05) is 26.0 Å². The van der Waals surface area contributed by atoms with Gasteiger partial charge in [-0.2, -0.15) is 0 Å². The van der Waals surface area contributed by atoms with E-state index in [-0.39, 0.29) is 11.9 Å². The lowest BCUT2D eigenvalue weighted by atomic mass is 10.1. The summed E-state index contributed by atoms with van der Waals surface area (Å²) in [6.45, 7) is 10.4. The number of aromatic nitrogens is 3. The Hall–Kier alpha value is -3.43. The number of rotatable bonds is 8. The summed E-state index contributed by atoms with van der Waals surface area (Å²) in [5.74, 6) is 1.40. The van der Waals surface area contributed by atoms with Crippen molar-refractivity contribution in [3.63, 3.8) is 0 Å². The number of methoxy groups -OCH3 is 1. The molecule has 1 amide bonds. The maximum atomic E-state index is 12.9. The third-order valence-corrected chi connectivity index (χ3v) is 8.44. The summed E-state index contributed by atoms with van der Waals surface area (Å²) in [5, 5.41) is 2.00. The van der Waals surface area contributed by atoms with Crippen LogP contribution in [0.25, 0.3) is 31.6 Å². The van der Waals surface area contributed by atoms with Gasteiger partial charge in [0.1, 0.15) is 23.5 Å². The van der Waals surface area contributed by atoms with Crippen LogP contribution in [0.3, 0.4) is 0 Å². The SMILES string of the molecule is CCN(CC)C/C=C/C(=O)N1CCC(n2cc(-c3cc4cc(C)cc(OC)c4s3)c3c(N)ncnc32)C1. The molecular weight excluding hydrogens is 484 g/mol. The van der Waals surface area contributed by atoms with Crippen LogP contribution < -0.4 is 10.5 Å². The van der Waals surface area contributed by atoms with E-state index in [4.69, 9.17) is 10.5 Å². The van der Waals surface area contributed by atoms with Gasteiger partial charge in [0.15, 0.2) is 0 Å². The van der Waals surface area contributed by atoms with Crippen LogP contribution in [0.15, 0.2) is 42.9 Å². The second-order valence-electron chi connectivity index (χ2n) is 9.52. The molecule has 9 heteroatoms. The van der Waals surface area contributed by atoms with E-state index in [1.165, 1.54) is 6.33 Å². The third-order valence-electron chi connectivity index (χ3n) is 7.24. The van der Waals surface area contributed by atoms with Gasteiger partial charge >= 0.3 is 0 Å². The molecule has 5 rings (SSSR count). The van der Waals surface area contributed by atoms with Crippen LogP contribution in [-0.4, -0.2) is 70.1 Å². The summed E-state index contributed by atoms with van der Waals surface area (Å²) in [6, 6.07) is 6.54. The van der Waals surface area contributed by atoms with Gasteiger partial charge in [0.25, 0.3) is 0 Å². The Kier molecular flexibility index (Phi) is 7.17. The van der Waals surface area contributed by atoms with Crippen LogP contribution in [0.4, 0.5) is 5.82 Å². The van der Waals surface area contributed by atoms with Crippen LogP contribution in [0, 0.1) is 6.92 Å². The van der Waals surface area contributed by atoms with Crippen molar-refractivity contribution in [1.29, 1.82) is 0 Å². The highest BCUT2D eigenvalue weighted by Gasteiger charge is 2.29. The van der Waals surface area contributed by atoms with Crippen molar-refractivity contribution in [3.05, 3.63) is 48.4 Å². The van der Waals surface area contributed by atoms with E-state index < -0.39 is 0 Å². The first-order valence-corrected chi connectivity index (χ1v) is 13.6. The minimum Gasteiger partial charge on any atom is -0.495 e. The number of likely N-dealkylation sites (N-methyl/N-ethyl adjacent to an activating group) is 1. The average Bonchev–Trinajstić information content (AvgIpc) is 3.63. The zero-order valence-corrected chi connectivity index (χ0v) is 22.7. The van der Waals surface area contributed by atoms with Crippen LogP contribution >= 0.6 is 11.3 Å². The number of thiophene rings is 1. The van der Waals surface area contributed by atoms with E-state index in [2.05, 4.69) is 64.6 Å². The van der Waals surface area contributed by atoms with Gasteiger partial charge in [-0.15, -0.1) is 11.3 Å². The van der Waals surface area contributed by atoms with Crippen molar-refractivity contribution in [1.82, 2.24) is 24.3 Å². The molecule has 2 N–H and O–H groups in total. The summed E-state index contributed by atoms with van der Waals surface area (Å²) >= 11 is 1.68. The first kappa shape index (κ1) is 25.2. The van der Waals surface area contributed by atoms with Crippen molar-refractivity contribution in [2.24, 2.45) is 0 Å². The zero-order valence-electron chi connectivity index (χ0n) is 21.9. The fraction of sp³-hybridized carbons (Fsp3) is 0.393. The van der Waals surface area contributed by atoms with E-state index in [0.29, 0.717) is 18.9 Å². The number of nitrogens with two attached hydrogens (primary N) is 1. The Bertz CT molecular complexity index is 1470. The lowest BCUT2D eigenvalue weighted by Crippen LogP contribution is -2.28. The summed E-state index contributed by atoms with van der Waals surface area (Å²) in [5.41, 5.74) is 9.37. The van der Waals surface area contributed by atoms with E-state index in [1.807, 2.05) is 11.0 Å². The highest BCUT2D eigenvalue weighted by molar-refractivity contribution is 7.22. The molecule has 0 spiro atoms. The summed E-state index contributed by atoms with van der Waals surface area (Å²) in [7, 11) is 1.71. The fourth-order valence-corrected chi connectivity index (χ4v) is 6.33. The molecule has 0 saturated carbocycles. The molecule has 194 valence electrons. The Morgan fingerprint density at radius 2 is 2.08 bits per heavy atom. The first-order chi connectivity index (χ1) is 17.9. The van der Waals surface area contributed by atoms with Crippen molar-refractivity contribution >= 4 is 44.2 Å². The number of likely N-dealkylation sites (tertiary alicyclic amines) is 1. The molecule has 1 unspecified atom stereocenters. The molecule has 1 atom stereocenters. The number of aryl methyl sites for hydroxylation is 1. The number of fused-ring (bicyclic) bond motifs is 2. The molecule has 1 fully saturated rings. The number of ether oxygens (including phenoxy) is 1. The largest absolute Gasteiger partial charge is 0.495 e. The number of carbonyl (C=O) groups is 1. The molecule has 0 radical (unpaired) electrons. The van der Waals surface area contributed by atoms with Gasteiger partial charge in [0, 0.05) is 42.3 Å². The van der Waals surface area contributed by atoms with Gasteiger partial charge in [-0.25, -0.2) is 9.97 Å². The molecule has 1 aromatic carbocycles. The van der Waals surface area contributed by atoms with Gasteiger partial charge in [-0.3, -0.25) is 4.79 Å². The lowest BCUT2D eigenvalue weighted by molar-refractivity contribution is -0.125. The number of anilines is 1. The molecule has 1 aliphatic heterocycles. The third kappa shape index (κ3) is 4.81. The highest BCUT2D eigenvalue weighted by atomic mass is 32.1. The van der Waals surface area contributed by atoms with E-state index >= 15 is 0 Å². The predicted molar refractivity (Wildman–Crippen MR) is 151 cm³/mol. The molecule has 0 aliphatic carbocycles. The first-order valence-electron chi connectivity index (χ1n) is 12.8. The molecule has 4 heterocycles. The topological polar surface area (TPSA) is 89.5 Å². The molecule has 3 aromatic heterocycles. The van der Waals surface area contributed by atoms with Crippen LogP contribution in [0.1, 0.15) is 31.9 Å². The number of benzene rings is 1. The average molecular weight is 519 g/mol. The second kappa shape index (κ2) is 10.5. The quantitative estimate of drug-likeness (QED) is 0.334. The van der Waals surface area contributed by atoms with E-state index in [1.54, 1.807) is 24.5 Å². The Balaban J connectivity index is 1.46. The number of hydrogen-bond acceptors (Lipinski definition) is 7. The molecule has 8 nitrogen and oxygen atoms in total. The van der Waals surface area contributed by atoms with Crippen molar-refractivity contribution in [2.75, 3.05) is 45.6 Å². The summed E-state index contributed by atoms with van der Waals surface area (Å²) in [4.78, 5) is 27.1. The number of hydrogen-bond donors (Lipinski definition) is 1. The van der Waals surface area contributed by atoms with E-state index in [9.17, 15) is 4.79 Å². The molecule has 37 heavy (non-hydrogen) atoms. The monoisotopic (exact) mass is 518 g/mol. The minimum absolute atomic E-state index is 0.0625. The van der Waals surface area contributed by atoms with Gasteiger partial charge in [-0.05, 0) is 49.5 Å². The van der Waals surface area contributed by atoms with Crippen LogP contribution in [-0.2, 0) is 4.79 Å².